The van der Waals surface area contributed by atoms with Crippen LogP contribution < -0.4 is 10.8 Å². The minimum absolute atomic E-state index is 0.0278. The third-order valence-electron chi connectivity index (χ3n) is 4.73. The van der Waals surface area contributed by atoms with E-state index in [0.29, 0.717) is 6.42 Å². The zero-order valence-corrected chi connectivity index (χ0v) is 15.7. The molecule has 1 aliphatic rings. The van der Waals surface area contributed by atoms with E-state index >= 15 is 0 Å². The Morgan fingerprint density at radius 1 is 1.12 bits per heavy atom. The molecular weight excluding hydrogens is 322 g/mol. The van der Waals surface area contributed by atoms with Crippen LogP contribution in [0.1, 0.15) is 65.7 Å². The maximum absolute atomic E-state index is 12.7. The number of rotatable bonds is 10. The fourth-order valence-electron chi connectivity index (χ4n) is 3.15. The van der Waals surface area contributed by atoms with Crippen LogP contribution in [-0.4, -0.2) is 47.0 Å². The third kappa shape index (κ3) is 7.02. The molecule has 7 nitrogen and oxygen atoms in total. The number of unbranched alkanes of at least 4 members (excludes halogenated alkanes) is 2. The number of hydrogen-bond donors (Lipinski definition) is 3. The zero-order chi connectivity index (χ0) is 18.8. The molecule has 1 fully saturated rings. The van der Waals surface area contributed by atoms with Gasteiger partial charge in [0, 0.05) is 25.4 Å². The van der Waals surface area contributed by atoms with Gasteiger partial charge in [-0.1, -0.05) is 40.0 Å². The van der Waals surface area contributed by atoms with Crippen LogP contribution in [0.5, 0.6) is 0 Å². The van der Waals surface area contributed by atoms with Gasteiger partial charge in [-0.2, -0.15) is 0 Å². The molecule has 0 radical (unpaired) electrons. The predicted molar refractivity (Wildman–Crippen MR) is 94.8 cm³/mol. The second-order valence-electron chi connectivity index (χ2n) is 7.19. The van der Waals surface area contributed by atoms with Gasteiger partial charge in [0.15, 0.2) is 0 Å². The highest BCUT2D eigenvalue weighted by molar-refractivity contribution is 5.90. The summed E-state index contributed by atoms with van der Waals surface area (Å²) in [6.07, 6.45) is 5.32. The molecule has 0 saturated carbocycles. The van der Waals surface area contributed by atoms with Gasteiger partial charge in [0.1, 0.15) is 6.04 Å². The van der Waals surface area contributed by atoms with E-state index in [-0.39, 0.29) is 24.2 Å². The van der Waals surface area contributed by atoms with Crippen LogP contribution in [0.25, 0.3) is 0 Å². The first kappa shape index (κ1) is 21.4. The van der Waals surface area contributed by atoms with Crippen molar-refractivity contribution in [3.8, 4) is 0 Å². The molecule has 144 valence electrons. The second kappa shape index (κ2) is 11.1. The van der Waals surface area contributed by atoms with Gasteiger partial charge in [-0.25, -0.2) is 5.48 Å². The van der Waals surface area contributed by atoms with Gasteiger partial charge in [0.05, 0.1) is 0 Å². The van der Waals surface area contributed by atoms with E-state index in [1.165, 1.54) is 0 Å². The molecule has 0 bridgehead atoms. The molecule has 1 rings (SSSR count). The van der Waals surface area contributed by atoms with Gasteiger partial charge in [-0.05, 0) is 25.2 Å². The SMILES string of the molecule is CCCCC[C@H](CC(=O)NO)C(=O)N[C@H](C(=O)N1CCCC1)C(C)C. The summed E-state index contributed by atoms with van der Waals surface area (Å²) in [6.45, 7) is 7.37. The van der Waals surface area contributed by atoms with Gasteiger partial charge in [-0.3, -0.25) is 19.6 Å². The van der Waals surface area contributed by atoms with Gasteiger partial charge in [0.25, 0.3) is 0 Å². The van der Waals surface area contributed by atoms with E-state index in [0.717, 1.165) is 45.2 Å². The molecule has 0 aliphatic carbocycles. The summed E-state index contributed by atoms with van der Waals surface area (Å²) in [4.78, 5) is 38.7. The highest BCUT2D eigenvalue weighted by Crippen LogP contribution is 2.17. The quantitative estimate of drug-likeness (QED) is 0.316. The summed E-state index contributed by atoms with van der Waals surface area (Å²) >= 11 is 0. The van der Waals surface area contributed by atoms with E-state index in [2.05, 4.69) is 12.2 Å². The van der Waals surface area contributed by atoms with Crippen molar-refractivity contribution in [3.05, 3.63) is 0 Å². The summed E-state index contributed by atoms with van der Waals surface area (Å²) in [7, 11) is 0. The molecule has 0 unspecified atom stereocenters. The molecule has 1 saturated heterocycles. The lowest BCUT2D eigenvalue weighted by Gasteiger charge is -2.28. The van der Waals surface area contributed by atoms with Gasteiger partial charge in [0.2, 0.25) is 17.7 Å². The number of hydroxylamine groups is 1. The Labute approximate surface area is 150 Å². The third-order valence-corrected chi connectivity index (χ3v) is 4.73. The molecule has 0 aromatic rings. The molecular formula is C18H33N3O4. The molecule has 1 heterocycles. The van der Waals surface area contributed by atoms with Crippen molar-refractivity contribution in [1.29, 1.82) is 0 Å². The molecule has 2 atom stereocenters. The Bertz CT molecular complexity index is 448. The summed E-state index contributed by atoms with van der Waals surface area (Å²) in [5.41, 5.74) is 1.59. The fraction of sp³-hybridized carbons (Fsp3) is 0.833. The lowest BCUT2D eigenvalue weighted by Crippen LogP contribution is -2.52. The topological polar surface area (TPSA) is 98.7 Å². The van der Waals surface area contributed by atoms with Crippen LogP contribution in [0.2, 0.25) is 0 Å². The summed E-state index contributed by atoms with van der Waals surface area (Å²) < 4.78 is 0. The van der Waals surface area contributed by atoms with Crippen LogP contribution in [0.15, 0.2) is 0 Å². The van der Waals surface area contributed by atoms with Crippen molar-refractivity contribution in [1.82, 2.24) is 15.7 Å². The highest BCUT2D eigenvalue weighted by atomic mass is 16.5. The summed E-state index contributed by atoms with van der Waals surface area (Å²) in [6, 6.07) is -0.573. The smallest absolute Gasteiger partial charge is 0.245 e. The monoisotopic (exact) mass is 355 g/mol. The molecule has 3 N–H and O–H groups in total. The number of likely N-dealkylation sites (tertiary alicyclic amines) is 1. The van der Waals surface area contributed by atoms with Crippen LogP contribution in [0.4, 0.5) is 0 Å². The summed E-state index contributed by atoms with van der Waals surface area (Å²) in [5.74, 6) is -1.47. The lowest BCUT2D eigenvalue weighted by atomic mass is 9.94. The Morgan fingerprint density at radius 3 is 2.28 bits per heavy atom. The van der Waals surface area contributed by atoms with E-state index in [4.69, 9.17) is 5.21 Å². The normalized spacial score (nSPS) is 16.6. The Kier molecular flexibility index (Phi) is 9.49. The average molecular weight is 355 g/mol. The molecule has 0 aromatic heterocycles. The van der Waals surface area contributed by atoms with Crippen molar-refractivity contribution in [2.45, 2.75) is 71.8 Å². The number of amides is 3. The molecule has 0 aromatic carbocycles. The van der Waals surface area contributed by atoms with Crippen LogP contribution in [0.3, 0.4) is 0 Å². The van der Waals surface area contributed by atoms with E-state index in [1.54, 1.807) is 10.4 Å². The molecule has 0 spiro atoms. The number of carbonyl (C=O) groups excluding carboxylic acids is 3. The Morgan fingerprint density at radius 2 is 1.76 bits per heavy atom. The minimum Gasteiger partial charge on any atom is -0.344 e. The first-order valence-corrected chi connectivity index (χ1v) is 9.42. The first-order chi connectivity index (χ1) is 11.9. The number of nitrogens with one attached hydrogen (secondary N) is 2. The highest BCUT2D eigenvalue weighted by Gasteiger charge is 2.32. The standard InChI is InChI=1S/C18H33N3O4/c1-4-5-6-9-14(12-15(22)20-25)17(23)19-16(13(2)3)18(24)21-10-7-8-11-21/h13-14,16,25H,4-12H2,1-3H3,(H,19,23)(H,20,22)/t14-,16+/m1/s1. The second-order valence-corrected chi connectivity index (χ2v) is 7.19. The van der Waals surface area contributed by atoms with Gasteiger partial charge >= 0.3 is 0 Å². The number of nitrogens with zero attached hydrogens (tertiary/aromatic N) is 1. The van der Waals surface area contributed by atoms with Crippen molar-refractivity contribution in [2.24, 2.45) is 11.8 Å². The van der Waals surface area contributed by atoms with Crippen molar-refractivity contribution < 1.29 is 19.6 Å². The Balaban J connectivity index is 2.74. The predicted octanol–water partition coefficient (Wildman–Crippen LogP) is 1.84. The largest absolute Gasteiger partial charge is 0.344 e. The molecule has 7 heteroatoms. The Hall–Kier alpha value is -1.63. The lowest BCUT2D eigenvalue weighted by molar-refractivity contribution is -0.139. The van der Waals surface area contributed by atoms with E-state index < -0.39 is 17.9 Å². The van der Waals surface area contributed by atoms with Crippen LogP contribution in [-0.2, 0) is 14.4 Å². The summed E-state index contributed by atoms with van der Waals surface area (Å²) in [5, 5.41) is 11.6. The van der Waals surface area contributed by atoms with E-state index in [1.807, 2.05) is 13.8 Å². The van der Waals surface area contributed by atoms with Crippen molar-refractivity contribution in [3.63, 3.8) is 0 Å². The van der Waals surface area contributed by atoms with Crippen LogP contribution in [0, 0.1) is 11.8 Å². The molecule has 3 amide bonds. The molecule has 25 heavy (non-hydrogen) atoms. The maximum atomic E-state index is 12.7. The van der Waals surface area contributed by atoms with Crippen molar-refractivity contribution >= 4 is 17.7 Å². The maximum Gasteiger partial charge on any atom is 0.245 e. The van der Waals surface area contributed by atoms with Gasteiger partial charge < -0.3 is 10.2 Å². The number of carbonyl (C=O) groups is 3. The number of hydrogen-bond acceptors (Lipinski definition) is 4. The minimum atomic E-state index is -0.580. The van der Waals surface area contributed by atoms with Gasteiger partial charge in [-0.15, -0.1) is 0 Å². The van der Waals surface area contributed by atoms with Crippen molar-refractivity contribution in [2.75, 3.05) is 13.1 Å². The van der Waals surface area contributed by atoms with E-state index in [9.17, 15) is 14.4 Å². The molecule has 1 aliphatic heterocycles. The zero-order valence-electron chi connectivity index (χ0n) is 15.7. The first-order valence-electron chi connectivity index (χ1n) is 9.42. The average Bonchev–Trinajstić information content (AvgIpc) is 3.12. The fourth-order valence-corrected chi connectivity index (χ4v) is 3.15. The van der Waals surface area contributed by atoms with Crippen LogP contribution >= 0.6 is 0 Å².